The monoisotopic (exact) mass is 378 g/mol. The smallest absolute Gasteiger partial charge is 0.135 e. The summed E-state index contributed by atoms with van der Waals surface area (Å²) in [4.78, 5) is 6.63. The van der Waals surface area contributed by atoms with E-state index in [1.54, 1.807) is 24.4 Å². The third-order valence-electron chi connectivity index (χ3n) is 4.58. The number of nitrogens with zero attached hydrogens (tertiary/aromatic N) is 3. The van der Waals surface area contributed by atoms with E-state index >= 15 is 0 Å². The number of methoxy groups -OCH3 is 1. The van der Waals surface area contributed by atoms with Gasteiger partial charge in [0.05, 0.1) is 18.7 Å². The number of fused-ring (bicyclic) bond motifs is 1. The molecule has 0 atom stereocenters. The highest BCUT2D eigenvalue weighted by atomic mass is 19.1. The number of benzene rings is 2. The lowest BCUT2D eigenvalue weighted by Crippen LogP contribution is -2.16. The lowest BCUT2D eigenvalue weighted by atomic mass is 9.97. The first-order valence-corrected chi connectivity index (χ1v) is 9.09. The summed E-state index contributed by atoms with van der Waals surface area (Å²) in [6, 6.07) is 12.4. The number of hydrogen-bond acceptors (Lipinski definition) is 5. The molecule has 6 heteroatoms. The van der Waals surface area contributed by atoms with E-state index in [2.05, 4.69) is 21.3 Å². The van der Waals surface area contributed by atoms with Crippen molar-refractivity contribution in [2.24, 2.45) is 0 Å². The highest BCUT2D eigenvalue weighted by Gasteiger charge is 2.15. The van der Waals surface area contributed by atoms with E-state index in [9.17, 15) is 9.65 Å². The maximum Gasteiger partial charge on any atom is 0.135 e. The van der Waals surface area contributed by atoms with Crippen molar-refractivity contribution in [2.45, 2.75) is 6.42 Å². The van der Waals surface area contributed by atoms with Gasteiger partial charge in [-0.15, -0.1) is 0 Å². The summed E-state index contributed by atoms with van der Waals surface area (Å²) in [6.45, 7) is 1.68. The Hall–Kier alpha value is -3.17. The Morgan fingerprint density at radius 2 is 2.04 bits per heavy atom. The zero-order valence-electron chi connectivity index (χ0n) is 16.3. The molecule has 2 aromatic carbocycles. The Kier molecular flexibility index (Phi) is 6.07. The summed E-state index contributed by atoms with van der Waals surface area (Å²) in [7, 11) is 5.56. The van der Waals surface area contributed by atoms with E-state index in [4.69, 9.17) is 4.74 Å². The molecular weight excluding hydrogens is 355 g/mol. The molecule has 0 aliphatic heterocycles. The zero-order chi connectivity index (χ0) is 20.1. The van der Waals surface area contributed by atoms with E-state index in [1.807, 2.05) is 26.2 Å². The van der Waals surface area contributed by atoms with Gasteiger partial charge in [0.25, 0.3) is 0 Å². The molecular formula is C22H23FN4O. The van der Waals surface area contributed by atoms with E-state index < -0.39 is 5.82 Å². The fourth-order valence-corrected chi connectivity index (χ4v) is 3.18. The van der Waals surface area contributed by atoms with Crippen LogP contribution in [0, 0.1) is 17.1 Å². The second kappa shape index (κ2) is 8.68. The molecule has 3 rings (SSSR count). The fraction of sp³-hybridized carbons (Fsp3) is 0.273. The Bertz CT molecular complexity index is 1030. The van der Waals surface area contributed by atoms with Crippen molar-refractivity contribution in [3.05, 3.63) is 54.0 Å². The summed E-state index contributed by atoms with van der Waals surface area (Å²) in [5.74, 6) is 0.704. The largest absolute Gasteiger partial charge is 0.497 e. The summed E-state index contributed by atoms with van der Waals surface area (Å²) in [6.07, 6.45) is 2.60. The minimum atomic E-state index is -0.392. The molecule has 3 aromatic rings. The van der Waals surface area contributed by atoms with Crippen molar-refractivity contribution >= 4 is 16.6 Å². The Labute approximate surface area is 164 Å². The van der Waals surface area contributed by atoms with Gasteiger partial charge in [0.2, 0.25) is 0 Å². The highest BCUT2D eigenvalue weighted by Crippen LogP contribution is 2.35. The molecule has 0 radical (unpaired) electrons. The van der Waals surface area contributed by atoms with Crippen LogP contribution in [0.25, 0.3) is 21.9 Å². The normalized spacial score (nSPS) is 10.9. The van der Waals surface area contributed by atoms with Crippen LogP contribution in [-0.4, -0.2) is 44.2 Å². The number of ether oxygens (including phenoxy) is 1. The summed E-state index contributed by atoms with van der Waals surface area (Å²) in [5, 5.41) is 14.4. The van der Waals surface area contributed by atoms with Crippen LogP contribution in [0.4, 0.5) is 10.2 Å². The number of nitrogens with one attached hydrogen (secondary N) is 1. The molecule has 0 saturated heterocycles. The first kappa shape index (κ1) is 19.6. The second-order valence-electron chi connectivity index (χ2n) is 6.79. The molecule has 28 heavy (non-hydrogen) atoms. The first-order chi connectivity index (χ1) is 13.5. The van der Waals surface area contributed by atoms with E-state index in [1.165, 1.54) is 13.2 Å². The predicted molar refractivity (Wildman–Crippen MR) is 110 cm³/mol. The third-order valence-corrected chi connectivity index (χ3v) is 4.58. The Morgan fingerprint density at radius 3 is 2.71 bits per heavy atom. The molecule has 5 nitrogen and oxygen atoms in total. The molecule has 0 saturated carbocycles. The van der Waals surface area contributed by atoms with Crippen LogP contribution in [0.3, 0.4) is 0 Å². The average Bonchev–Trinajstić information content (AvgIpc) is 2.70. The molecule has 1 heterocycles. The Balaban J connectivity index is 2.07. The minimum Gasteiger partial charge on any atom is -0.497 e. The lowest BCUT2D eigenvalue weighted by molar-refractivity contribution is 0.405. The average molecular weight is 378 g/mol. The third kappa shape index (κ3) is 4.05. The number of rotatable bonds is 7. The summed E-state index contributed by atoms with van der Waals surface area (Å²) >= 11 is 0. The van der Waals surface area contributed by atoms with Gasteiger partial charge < -0.3 is 15.0 Å². The van der Waals surface area contributed by atoms with E-state index in [0.29, 0.717) is 33.6 Å². The molecule has 144 valence electrons. The van der Waals surface area contributed by atoms with Gasteiger partial charge in [0.1, 0.15) is 17.4 Å². The van der Waals surface area contributed by atoms with Gasteiger partial charge in [-0.2, -0.15) is 5.26 Å². The van der Waals surface area contributed by atoms with Crippen LogP contribution in [0.15, 0.2) is 42.6 Å². The predicted octanol–water partition coefficient (Wildman–Crippen LogP) is 4.28. The minimum absolute atomic E-state index is 0.392. The molecule has 0 bridgehead atoms. The molecule has 0 unspecified atom stereocenters. The van der Waals surface area contributed by atoms with Gasteiger partial charge >= 0.3 is 0 Å². The topological polar surface area (TPSA) is 61.2 Å². The maximum atomic E-state index is 14.7. The molecule has 0 aliphatic carbocycles. The van der Waals surface area contributed by atoms with E-state index in [0.717, 1.165) is 24.9 Å². The molecule has 1 aromatic heterocycles. The van der Waals surface area contributed by atoms with E-state index in [-0.39, 0.29) is 0 Å². The first-order valence-electron chi connectivity index (χ1n) is 9.09. The number of hydrogen-bond donors (Lipinski definition) is 1. The van der Waals surface area contributed by atoms with Crippen LogP contribution in [0.2, 0.25) is 0 Å². The van der Waals surface area contributed by atoms with Crippen molar-refractivity contribution in [3.63, 3.8) is 0 Å². The number of nitriles is 1. The van der Waals surface area contributed by atoms with Crippen LogP contribution in [0.5, 0.6) is 5.75 Å². The number of aromatic nitrogens is 1. The van der Waals surface area contributed by atoms with Gasteiger partial charge in [-0.1, -0.05) is 12.1 Å². The SMILES string of the molecule is COc1ccc(-c2cnc(NCCCN(C)C)c3c(C#N)cccc23)c(F)c1. The molecule has 0 fully saturated rings. The van der Waals surface area contributed by atoms with Crippen molar-refractivity contribution in [1.82, 2.24) is 9.88 Å². The van der Waals surface area contributed by atoms with Crippen LogP contribution in [-0.2, 0) is 0 Å². The Morgan fingerprint density at radius 1 is 1.21 bits per heavy atom. The quantitative estimate of drug-likeness (QED) is 0.622. The van der Waals surface area contributed by atoms with Crippen LogP contribution < -0.4 is 10.1 Å². The number of halogens is 1. The lowest BCUT2D eigenvalue weighted by Gasteiger charge is -2.15. The van der Waals surface area contributed by atoms with Gasteiger partial charge in [-0.3, -0.25) is 0 Å². The summed E-state index contributed by atoms with van der Waals surface area (Å²) in [5.41, 5.74) is 1.58. The van der Waals surface area contributed by atoms with Gasteiger partial charge in [0, 0.05) is 35.3 Å². The van der Waals surface area contributed by atoms with Crippen molar-refractivity contribution < 1.29 is 9.13 Å². The van der Waals surface area contributed by atoms with Crippen molar-refractivity contribution in [2.75, 3.05) is 39.6 Å². The molecule has 1 N–H and O–H groups in total. The van der Waals surface area contributed by atoms with Crippen LogP contribution in [0.1, 0.15) is 12.0 Å². The van der Waals surface area contributed by atoms with Gasteiger partial charge in [-0.25, -0.2) is 9.37 Å². The molecule has 0 aliphatic rings. The van der Waals surface area contributed by atoms with Crippen molar-refractivity contribution in [1.29, 1.82) is 5.26 Å². The van der Waals surface area contributed by atoms with Crippen LogP contribution >= 0.6 is 0 Å². The molecule has 0 amide bonds. The van der Waals surface area contributed by atoms with Crippen molar-refractivity contribution in [3.8, 4) is 22.9 Å². The fourth-order valence-electron chi connectivity index (χ4n) is 3.18. The highest BCUT2D eigenvalue weighted by molar-refractivity contribution is 6.04. The standard InChI is InChI=1S/C22H23FN4O/c1-27(2)11-5-10-25-22-21-15(13-24)6-4-7-18(21)19(14-26-22)17-9-8-16(28-3)12-20(17)23/h4,6-9,12,14H,5,10-11H2,1-3H3,(H,25,26). The molecule has 0 spiro atoms. The van der Waals surface area contributed by atoms with Gasteiger partial charge in [-0.05, 0) is 50.6 Å². The second-order valence-corrected chi connectivity index (χ2v) is 6.79. The zero-order valence-corrected chi connectivity index (χ0v) is 16.3. The number of anilines is 1. The van der Waals surface area contributed by atoms with Gasteiger partial charge in [0.15, 0.2) is 0 Å². The number of pyridine rings is 1. The summed E-state index contributed by atoms with van der Waals surface area (Å²) < 4.78 is 19.8. The maximum absolute atomic E-state index is 14.7.